The first-order valence-electron chi connectivity index (χ1n) is 6.53. The smallest absolute Gasteiger partial charge is 0.197 e. The summed E-state index contributed by atoms with van der Waals surface area (Å²) in [7, 11) is 0. The van der Waals surface area contributed by atoms with E-state index in [0.717, 1.165) is 5.56 Å². The van der Waals surface area contributed by atoms with Crippen molar-refractivity contribution in [3.8, 4) is 0 Å². The molecule has 2 heterocycles. The molecule has 110 valence electrons. The minimum atomic E-state index is -2.03. The van der Waals surface area contributed by atoms with Crippen molar-refractivity contribution in [3.05, 3.63) is 35.9 Å². The summed E-state index contributed by atoms with van der Waals surface area (Å²) >= 11 is 0. The molecule has 2 saturated heterocycles. The number of ether oxygens (including phenoxy) is 3. The fourth-order valence-corrected chi connectivity index (χ4v) is 2.59. The van der Waals surface area contributed by atoms with E-state index in [4.69, 9.17) is 14.2 Å². The van der Waals surface area contributed by atoms with Crippen LogP contribution in [0.3, 0.4) is 0 Å². The summed E-state index contributed by atoms with van der Waals surface area (Å²) in [6, 6.07) is 9.19. The largest absolute Gasteiger partial charge is 0.387 e. The number of rotatable bonds is 1. The van der Waals surface area contributed by atoms with Gasteiger partial charge in [0.05, 0.1) is 6.61 Å². The lowest BCUT2D eigenvalue weighted by Gasteiger charge is -2.48. The second-order valence-corrected chi connectivity index (χ2v) is 5.28. The summed E-state index contributed by atoms with van der Waals surface area (Å²) in [5.41, 5.74) is 0.783. The highest BCUT2D eigenvalue weighted by Crippen LogP contribution is 2.37. The van der Waals surface area contributed by atoms with Gasteiger partial charge in [0.25, 0.3) is 0 Å². The summed E-state index contributed by atoms with van der Waals surface area (Å²) in [5.74, 6) is -2.03. The van der Waals surface area contributed by atoms with Crippen LogP contribution in [0.5, 0.6) is 0 Å². The Bertz CT molecular complexity index is 464. The number of hydrogen-bond acceptors (Lipinski definition) is 5. The Kier molecular flexibility index (Phi) is 3.51. The molecule has 2 aliphatic rings. The summed E-state index contributed by atoms with van der Waals surface area (Å²) in [5, 5.41) is 19.7. The Morgan fingerprint density at radius 2 is 2.00 bits per heavy atom. The lowest BCUT2D eigenvalue weighted by Crippen LogP contribution is -2.64. The molecule has 5 nitrogen and oxygen atoms in total. The second-order valence-electron chi connectivity index (χ2n) is 5.28. The number of aliphatic hydroxyl groups is 2. The van der Waals surface area contributed by atoms with Gasteiger partial charge < -0.3 is 24.4 Å². The summed E-state index contributed by atoms with van der Waals surface area (Å²) in [4.78, 5) is 0. The van der Waals surface area contributed by atoms with Crippen molar-refractivity contribution in [2.24, 2.45) is 0 Å². The Morgan fingerprint density at radius 3 is 2.70 bits per heavy atom. The number of halogens is 1. The van der Waals surface area contributed by atoms with Gasteiger partial charge in [-0.3, -0.25) is 0 Å². The van der Waals surface area contributed by atoms with Gasteiger partial charge in [0.2, 0.25) is 0 Å². The predicted octanol–water partition coefficient (Wildman–Crippen LogP) is 0.907. The highest BCUT2D eigenvalue weighted by molar-refractivity contribution is 5.16. The third-order valence-electron chi connectivity index (χ3n) is 3.67. The first-order chi connectivity index (χ1) is 9.49. The van der Waals surface area contributed by atoms with E-state index in [-0.39, 0.29) is 6.61 Å². The van der Waals surface area contributed by atoms with E-state index in [1.165, 1.54) is 6.92 Å². The molecule has 0 aliphatic carbocycles. The quantitative estimate of drug-likeness (QED) is 0.802. The highest BCUT2D eigenvalue weighted by atomic mass is 19.1. The zero-order valence-corrected chi connectivity index (χ0v) is 11.0. The van der Waals surface area contributed by atoms with Gasteiger partial charge in [-0.05, 0) is 6.92 Å². The van der Waals surface area contributed by atoms with E-state index in [0.29, 0.717) is 0 Å². The van der Waals surface area contributed by atoms with Gasteiger partial charge in [0, 0.05) is 5.56 Å². The molecular formula is C14H17FO5. The Morgan fingerprint density at radius 1 is 1.30 bits per heavy atom. The minimum absolute atomic E-state index is 0.115. The molecule has 0 spiro atoms. The van der Waals surface area contributed by atoms with Crippen molar-refractivity contribution in [3.63, 3.8) is 0 Å². The van der Waals surface area contributed by atoms with E-state index in [2.05, 4.69) is 0 Å². The SMILES string of the molecule is C[C@]1(O)O[C@@H]2COC(c3ccccc3)O[C@H]2[C@H](O)[C@@H]1F. The Hall–Kier alpha value is -1.05. The number of benzene rings is 1. The van der Waals surface area contributed by atoms with Crippen LogP contribution >= 0.6 is 0 Å². The van der Waals surface area contributed by atoms with Crippen LogP contribution in [0.15, 0.2) is 30.3 Å². The van der Waals surface area contributed by atoms with Crippen molar-refractivity contribution >= 4 is 0 Å². The maximum Gasteiger partial charge on any atom is 0.197 e. The van der Waals surface area contributed by atoms with E-state index >= 15 is 0 Å². The number of hydrogen-bond donors (Lipinski definition) is 2. The van der Waals surface area contributed by atoms with Crippen LogP contribution in [-0.2, 0) is 14.2 Å². The highest BCUT2D eigenvalue weighted by Gasteiger charge is 2.54. The number of aliphatic hydroxyl groups excluding tert-OH is 1. The monoisotopic (exact) mass is 284 g/mol. The Balaban J connectivity index is 1.78. The molecule has 6 heteroatoms. The molecular weight excluding hydrogens is 267 g/mol. The summed E-state index contributed by atoms with van der Waals surface area (Å²) in [6.45, 7) is 1.30. The molecule has 1 aromatic rings. The van der Waals surface area contributed by atoms with E-state index in [9.17, 15) is 14.6 Å². The fourth-order valence-electron chi connectivity index (χ4n) is 2.59. The molecule has 0 aromatic heterocycles. The van der Waals surface area contributed by atoms with Crippen LogP contribution < -0.4 is 0 Å². The van der Waals surface area contributed by atoms with Crippen molar-refractivity contribution in [2.75, 3.05) is 6.61 Å². The molecule has 0 saturated carbocycles. The third kappa shape index (κ3) is 2.34. The molecule has 2 fully saturated rings. The van der Waals surface area contributed by atoms with E-state index in [1.54, 1.807) is 0 Å². The van der Waals surface area contributed by atoms with Crippen molar-refractivity contribution in [2.45, 2.75) is 43.5 Å². The van der Waals surface area contributed by atoms with Gasteiger partial charge in [0.15, 0.2) is 18.2 Å². The van der Waals surface area contributed by atoms with E-state index < -0.39 is 36.6 Å². The molecule has 0 bridgehead atoms. The van der Waals surface area contributed by atoms with Crippen molar-refractivity contribution < 1.29 is 28.8 Å². The van der Waals surface area contributed by atoms with Gasteiger partial charge in [-0.1, -0.05) is 30.3 Å². The zero-order valence-electron chi connectivity index (χ0n) is 11.0. The first kappa shape index (κ1) is 13.9. The van der Waals surface area contributed by atoms with Gasteiger partial charge in [-0.25, -0.2) is 4.39 Å². The molecule has 0 amide bonds. The molecule has 1 aromatic carbocycles. The lowest BCUT2D eigenvalue weighted by atomic mass is 9.94. The fraction of sp³-hybridized carbons (Fsp3) is 0.571. The molecule has 2 aliphatic heterocycles. The summed E-state index contributed by atoms with van der Waals surface area (Å²) in [6.07, 6.45) is -5.64. The Labute approximate surface area is 115 Å². The molecule has 1 unspecified atom stereocenters. The first-order valence-corrected chi connectivity index (χ1v) is 6.53. The zero-order chi connectivity index (χ0) is 14.3. The average molecular weight is 284 g/mol. The molecule has 6 atom stereocenters. The molecule has 2 N–H and O–H groups in total. The van der Waals surface area contributed by atoms with Gasteiger partial charge in [-0.2, -0.15) is 0 Å². The van der Waals surface area contributed by atoms with Crippen LogP contribution in [0.25, 0.3) is 0 Å². The van der Waals surface area contributed by atoms with Crippen LogP contribution in [0.4, 0.5) is 4.39 Å². The average Bonchev–Trinajstić information content (AvgIpc) is 2.45. The van der Waals surface area contributed by atoms with Crippen molar-refractivity contribution in [1.29, 1.82) is 0 Å². The third-order valence-corrected chi connectivity index (χ3v) is 3.67. The van der Waals surface area contributed by atoms with Crippen molar-refractivity contribution in [1.82, 2.24) is 0 Å². The van der Waals surface area contributed by atoms with Gasteiger partial charge in [-0.15, -0.1) is 0 Å². The van der Waals surface area contributed by atoms with Crippen LogP contribution in [-0.4, -0.2) is 47.1 Å². The minimum Gasteiger partial charge on any atom is -0.387 e. The molecule has 20 heavy (non-hydrogen) atoms. The maximum absolute atomic E-state index is 13.9. The normalized spacial score (nSPS) is 44.9. The predicted molar refractivity (Wildman–Crippen MR) is 66.4 cm³/mol. The van der Waals surface area contributed by atoms with Gasteiger partial charge in [0.1, 0.15) is 18.3 Å². The summed E-state index contributed by atoms with van der Waals surface area (Å²) < 4.78 is 30.2. The lowest BCUT2D eigenvalue weighted by molar-refractivity contribution is -0.378. The topological polar surface area (TPSA) is 68.2 Å². The van der Waals surface area contributed by atoms with E-state index in [1.807, 2.05) is 30.3 Å². The van der Waals surface area contributed by atoms with Crippen LogP contribution in [0.1, 0.15) is 18.8 Å². The number of fused-ring (bicyclic) bond motifs is 1. The molecule has 0 radical (unpaired) electrons. The number of alkyl halides is 1. The maximum atomic E-state index is 13.9. The molecule has 3 rings (SSSR count). The van der Waals surface area contributed by atoms with Crippen LogP contribution in [0, 0.1) is 0 Å². The van der Waals surface area contributed by atoms with Gasteiger partial charge >= 0.3 is 0 Å². The second kappa shape index (κ2) is 5.05. The standard InChI is InChI=1S/C14H17FO5/c1-14(17)12(15)10(16)11-9(20-14)7-18-13(19-11)8-5-3-2-4-6-8/h2-6,9-13,16-17H,7H2,1H3/t9-,10+,11-,12+,13?,14+/m1/s1. The van der Waals surface area contributed by atoms with Crippen LogP contribution in [0.2, 0.25) is 0 Å².